The minimum absolute atomic E-state index is 0.252. The second kappa shape index (κ2) is 26.8. The van der Waals surface area contributed by atoms with Crippen LogP contribution in [0.3, 0.4) is 0 Å². The van der Waals surface area contributed by atoms with Gasteiger partial charge in [0.05, 0.1) is 25.4 Å². The van der Waals surface area contributed by atoms with E-state index in [2.05, 4.69) is 24.4 Å². The molecular formula is C35H67NO10. The largest absolute Gasteiger partial charge is 0.394 e. The van der Waals surface area contributed by atoms with Crippen molar-refractivity contribution in [2.24, 2.45) is 0 Å². The van der Waals surface area contributed by atoms with Gasteiger partial charge < -0.3 is 50.5 Å². The number of hydrogen-bond donors (Lipinski definition) is 8. The topological polar surface area (TPSA) is 189 Å². The van der Waals surface area contributed by atoms with Gasteiger partial charge in [0.25, 0.3) is 0 Å². The van der Waals surface area contributed by atoms with Gasteiger partial charge in [0.2, 0.25) is 5.91 Å². The van der Waals surface area contributed by atoms with Crippen LogP contribution in [0.4, 0.5) is 0 Å². The first-order valence-electron chi connectivity index (χ1n) is 18.1. The van der Waals surface area contributed by atoms with Gasteiger partial charge in [-0.3, -0.25) is 4.79 Å². The van der Waals surface area contributed by atoms with Crippen LogP contribution in [0.2, 0.25) is 0 Å². The zero-order valence-corrected chi connectivity index (χ0v) is 28.6. The first-order chi connectivity index (χ1) is 22.2. The average molecular weight is 662 g/mol. The summed E-state index contributed by atoms with van der Waals surface area (Å²) in [5.41, 5.74) is 0. The lowest BCUT2D eigenvalue weighted by atomic mass is 9.98. The van der Waals surface area contributed by atoms with Crippen LogP contribution < -0.4 is 5.32 Å². The van der Waals surface area contributed by atoms with Crippen LogP contribution in [-0.2, 0) is 14.3 Å². The summed E-state index contributed by atoms with van der Waals surface area (Å²) in [6.07, 6.45) is 12.4. The summed E-state index contributed by atoms with van der Waals surface area (Å²) in [7, 11) is 0. The van der Waals surface area contributed by atoms with E-state index in [0.717, 1.165) is 51.4 Å². The van der Waals surface area contributed by atoms with Gasteiger partial charge in [0.15, 0.2) is 6.29 Å². The van der Waals surface area contributed by atoms with Crippen LogP contribution in [0.5, 0.6) is 0 Å². The van der Waals surface area contributed by atoms with Crippen LogP contribution in [0, 0.1) is 0 Å². The molecule has 1 fully saturated rings. The zero-order chi connectivity index (χ0) is 34.2. The summed E-state index contributed by atoms with van der Waals surface area (Å²) in [6, 6.07) is -1.16. The molecule has 1 rings (SSSR count). The Balaban J connectivity index is 2.43. The van der Waals surface area contributed by atoms with Gasteiger partial charge in [-0.05, 0) is 38.5 Å². The number of nitrogens with one attached hydrogen (secondary N) is 1. The number of carbonyl (C=O) groups excluding carboxylic acids is 1. The summed E-state index contributed by atoms with van der Waals surface area (Å²) < 4.78 is 10.9. The van der Waals surface area contributed by atoms with E-state index in [9.17, 15) is 40.5 Å². The van der Waals surface area contributed by atoms with Crippen molar-refractivity contribution in [3.05, 3.63) is 12.2 Å². The summed E-state index contributed by atoms with van der Waals surface area (Å²) in [4.78, 5) is 12.8. The van der Waals surface area contributed by atoms with Gasteiger partial charge >= 0.3 is 0 Å². The lowest BCUT2D eigenvalue weighted by Gasteiger charge is -2.40. The lowest BCUT2D eigenvalue weighted by molar-refractivity contribution is -0.303. The Bertz CT molecular complexity index is 770. The molecule has 272 valence electrons. The Hall–Kier alpha value is -1.15. The normalized spacial score (nSPS) is 24.6. The molecule has 1 saturated heterocycles. The maximum Gasteiger partial charge on any atom is 0.249 e. The van der Waals surface area contributed by atoms with E-state index < -0.39 is 74.2 Å². The summed E-state index contributed by atoms with van der Waals surface area (Å²) in [6.45, 7) is 3.19. The molecule has 0 spiro atoms. The number of amides is 1. The molecule has 1 amide bonds. The summed E-state index contributed by atoms with van der Waals surface area (Å²) in [5.74, 6) is -0.713. The van der Waals surface area contributed by atoms with Gasteiger partial charge in [-0.15, -0.1) is 0 Å². The Labute approximate surface area is 277 Å². The predicted molar refractivity (Wildman–Crippen MR) is 178 cm³/mol. The Morgan fingerprint density at radius 3 is 1.85 bits per heavy atom. The number of ether oxygens (including phenoxy) is 2. The van der Waals surface area contributed by atoms with Crippen molar-refractivity contribution in [1.82, 2.24) is 5.32 Å². The Morgan fingerprint density at radius 2 is 1.26 bits per heavy atom. The quantitative estimate of drug-likeness (QED) is 0.0456. The molecule has 9 atom stereocenters. The highest BCUT2D eigenvalue weighted by atomic mass is 16.7. The second-order valence-corrected chi connectivity index (χ2v) is 12.9. The van der Waals surface area contributed by atoms with Crippen LogP contribution in [0.15, 0.2) is 12.2 Å². The smallest absolute Gasteiger partial charge is 0.249 e. The molecule has 8 N–H and O–H groups in total. The van der Waals surface area contributed by atoms with Crippen LogP contribution in [0.25, 0.3) is 0 Å². The standard InChI is InChI=1S/C35H67NO10/c1-3-5-7-8-9-10-11-12-13-14-15-16-17-18-19-21-23-28(39)34(44)36-26(30(40)27(38)22-20-6-4-2)25-45-35-33(43)32(42)31(41)29(24-37)46-35/h12-13,26-33,35,37-43H,3-11,14-25H2,1-2H3,(H,36,44)/b13-12-. The molecule has 0 saturated carbocycles. The molecule has 46 heavy (non-hydrogen) atoms. The van der Waals surface area contributed by atoms with Crippen molar-refractivity contribution in [1.29, 1.82) is 0 Å². The molecule has 1 aliphatic heterocycles. The third-order valence-corrected chi connectivity index (χ3v) is 8.82. The molecule has 11 heteroatoms. The van der Waals surface area contributed by atoms with Crippen molar-refractivity contribution < 1.29 is 50.0 Å². The Kier molecular flexibility index (Phi) is 24.9. The number of rotatable bonds is 28. The number of aliphatic hydroxyl groups is 7. The van der Waals surface area contributed by atoms with Gasteiger partial charge in [0.1, 0.15) is 36.6 Å². The molecular weight excluding hydrogens is 594 g/mol. The van der Waals surface area contributed by atoms with E-state index in [-0.39, 0.29) is 6.42 Å². The van der Waals surface area contributed by atoms with Crippen LogP contribution in [-0.4, -0.2) is 110 Å². The lowest BCUT2D eigenvalue weighted by Crippen LogP contribution is -2.60. The molecule has 1 heterocycles. The molecule has 0 radical (unpaired) electrons. The zero-order valence-electron chi connectivity index (χ0n) is 28.6. The molecule has 1 aliphatic rings. The van der Waals surface area contributed by atoms with Crippen molar-refractivity contribution >= 4 is 5.91 Å². The van der Waals surface area contributed by atoms with Gasteiger partial charge in [-0.1, -0.05) is 109 Å². The molecule has 0 aromatic rings. The third-order valence-electron chi connectivity index (χ3n) is 8.82. The highest BCUT2D eigenvalue weighted by Gasteiger charge is 2.44. The number of unbranched alkanes of at least 4 members (excludes halogenated alkanes) is 14. The first kappa shape index (κ1) is 42.9. The highest BCUT2D eigenvalue weighted by molar-refractivity contribution is 5.80. The predicted octanol–water partition coefficient (Wildman–Crippen LogP) is 3.38. The monoisotopic (exact) mass is 661 g/mol. The van der Waals surface area contributed by atoms with E-state index in [1.807, 2.05) is 6.92 Å². The minimum Gasteiger partial charge on any atom is -0.394 e. The fourth-order valence-corrected chi connectivity index (χ4v) is 5.67. The van der Waals surface area contributed by atoms with Crippen molar-refractivity contribution in [2.45, 2.75) is 191 Å². The van der Waals surface area contributed by atoms with E-state index >= 15 is 0 Å². The van der Waals surface area contributed by atoms with Crippen molar-refractivity contribution in [2.75, 3.05) is 13.2 Å². The van der Waals surface area contributed by atoms with Crippen molar-refractivity contribution in [3.63, 3.8) is 0 Å². The maximum absolute atomic E-state index is 12.8. The minimum atomic E-state index is -1.65. The van der Waals surface area contributed by atoms with E-state index in [1.165, 1.54) is 44.9 Å². The third kappa shape index (κ3) is 17.8. The SMILES string of the molecule is CCCCCCCC/C=C\CCCCCCCCC(O)C(=O)NC(COC1OC(CO)C(O)C(O)C1O)C(O)C(O)CCCCC. The molecule has 0 aromatic carbocycles. The number of hydrogen-bond acceptors (Lipinski definition) is 10. The average Bonchev–Trinajstić information content (AvgIpc) is 3.05. The van der Waals surface area contributed by atoms with Gasteiger partial charge in [0, 0.05) is 0 Å². The highest BCUT2D eigenvalue weighted by Crippen LogP contribution is 2.23. The maximum atomic E-state index is 12.8. The number of aliphatic hydroxyl groups excluding tert-OH is 7. The van der Waals surface area contributed by atoms with E-state index in [4.69, 9.17) is 9.47 Å². The molecule has 0 aliphatic carbocycles. The first-order valence-corrected chi connectivity index (χ1v) is 18.1. The molecule has 0 aromatic heterocycles. The number of carbonyl (C=O) groups is 1. The molecule has 11 nitrogen and oxygen atoms in total. The van der Waals surface area contributed by atoms with Gasteiger partial charge in [-0.25, -0.2) is 0 Å². The summed E-state index contributed by atoms with van der Waals surface area (Å²) >= 11 is 0. The summed E-state index contributed by atoms with van der Waals surface area (Å²) in [5, 5.41) is 74.2. The number of allylic oxidation sites excluding steroid dienone is 2. The van der Waals surface area contributed by atoms with Crippen LogP contribution in [0.1, 0.15) is 136 Å². The fraction of sp³-hybridized carbons (Fsp3) is 0.914. The van der Waals surface area contributed by atoms with E-state index in [0.29, 0.717) is 19.3 Å². The Morgan fingerprint density at radius 1 is 0.739 bits per heavy atom. The van der Waals surface area contributed by atoms with Crippen molar-refractivity contribution in [3.8, 4) is 0 Å². The fourth-order valence-electron chi connectivity index (χ4n) is 5.67. The second-order valence-electron chi connectivity index (χ2n) is 12.9. The molecule has 0 bridgehead atoms. The van der Waals surface area contributed by atoms with Crippen LogP contribution >= 0.6 is 0 Å². The van der Waals surface area contributed by atoms with E-state index in [1.54, 1.807) is 0 Å². The molecule has 9 unspecified atom stereocenters. The van der Waals surface area contributed by atoms with Gasteiger partial charge in [-0.2, -0.15) is 0 Å².